The number of halogens is 5. The summed E-state index contributed by atoms with van der Waals surface area (Å²) >= 11 is 0. The number of phenolic OH excluding ortho intramolecular Hbond substituents is 2. The first kappa shape index (κ1) is 32.5. The molecular formula is C31H40F5NO4S. The van der Waals surface area contributed by atoms with Crippen molar-refractivity contribution in [2.75, 3.05) is 32.0 Å². The Balaban J connectivity index is 1.22. The van der Waals surface area contributed by atoms with Gasteiger partial charge in [0.15, 0.2) is 0 Å². The number of benzene rings is 2. The lowest BCUT2D eigenvalue weighted by molar-refractivity contribution is -0.284. The van der Waals surface area contributed by atoms with Crippen molar-refractivity contribution in [2.24, 2.45) is 0 Å². The van der Waals surface area contributed by atoms with Gasteiger partial charge in [0.05, 0.1) is 6.61 Å². The standard InChI is InChI=1S/C31H40F5NO4S/c1-29(22-7-9-23(38)10-8-22)21-41-28-20-24(39)11-12-26(28)27(29)6-3-2-4-16-37-17-13-25(14-18-37)42(40)19-5-15-30(32,33)31(34,35)36/h7-12,20,25,27,38-39H,2-6,13-19,21H2,1H3. The van der Waals surface area contributed by atoms with E-state index in [2.05, 4.69) is 11.8 Å². The monoisotopic (exact) mass is 617 g/mol. The number of fused-ring (bicyclic) bond motifs is 1. The van der Waals surface area contributed by atoms with Gasteiger partial charge in [0, 0.05) is 45.6 Å². The summed E-state index contributed by atoms with van der Waals surface area (Å²) in [5.74, 6) is -3.63. The summed E-state index contributed by atoms with van der Waals surface area (Å²) in [5, 5.41) is 19.6. The molecule has 0 spiro atoms. The van der Waals surface area contributed by atoms with Crippen molar-refractivity contribution in [3.05, 3.63) is 53.6 Å². The molecule has 0 aliphatic carbocycles. The first-order chi connectivity index (χ1) is 19.8. The van der Waals surface area contributed by atoms with Crippen molar-refractivity contribution in [3.63, 3.8) is 0 Å². The molecule has 3 atom stereocenters. The van der Waals surface area contributed by atoms with Crippen LogP contribution in [0.2, 0.25) is 0 Å². The van der Waals surface area contributed by atoms with E-state index < -0.39 is 35.7 Å². The van der Waals surface area contributed by atoms with E-state index >= 15 is 0 Å². The van der Waals surface area contributed by atoms with Crippen LogP contribution >= 0.6 is 0 Å². The number of likely N-dealkylation sites (tertiary alicyclic amines) is 1. The van der Waals surface area contributed by atoms with Crippen molar-refractivity contribution in [2.45, 2.75) is 87.0 Å². The molecule has 0 saturated carbocycles. The van der Waals surface area contributed by atoms with Gasteiger partial charge in [0.1, 0.15) is 17.2 Å². The molecule has 0 amide bonds. The fourth-order valence-corrected chi connectivity index (χ4v) is 7.71. The number of aromatic hydroxyl groups is 2. The maximum absolute atomic E-state index is 13.1. The number of piperidine rings is 1. The van der Waals surface area contributed by atoms with Gasteiger partial charge in [-0.15, -0.1) is 0 Å². The van der Waals surface area contributed by atoms with E-state index in [1.54, 1.807) is 24.3 Å². The second kappa shape index (κ2) is 13.5. The smallest absolute Gasteiger partial charge is 0.453 e. The number of hydrogen-bond acceptors (Lipinski definition) is 5. The van der Waals surface area contributed by atoms with Crippen LogP contribution in [-0.4, -0.2) is 68.7 Å². The van der Waals surface area contributed by atoms with Gasteiger partial charge in [-0.2, -0.15) is 22.0 Å². The van der Waals surface area contributed by atoms with Crippen molar-refractivity contribution in [3.8, 4) is 17.2 Å². The zero-order chi connectivity index (χ0) is 30.5. The predicted octanol–water partition coefficient (Wildman–Crippen LogP) is 7.28. The summed E-state index contributed by atoms with van der Waals surface area (Å²) in [6.45, 7) is 5.01. The zero-order valence-corrected chi connectivity index (χ0v) is 24.7. The molecule has 0 bridgehead atoms. The molecule has 4 rings (SSSR count). The molecule has 0 aromatic heterocycles. The second-order valence-corrected chi connectivity index (χ2v) is 13.6. The molecule has 2 aliphatic rings. The van der Waals surface area contributed by atoms with Crippen LogP contribution in [0.4, 0.5) is 22.0 Å². The third-order valence-corrected chi connectivity index (χ3v) is 10.7. The fraction of sp³-hybridized carbons (Fsp3) is 0.613. The molecule has 42 heavy (non-hydrogen) atoms. The van der Waals surface area contributed by atoms with Crippen molar-refractivity contribution in [1.29, 1.82) is 0 Å². The minimum Gasteiger partial charge on any atom is -0.508 e. The first-order valence-corrected chi connectivity index (χ1v) is 16.0. The zero-order valence-electron chi connectivity index (χ0n) is 23.8. The van der Waals surface area contributed by atoms with Gasteiger partial charge in [-0.3, -0.25) is 4.21 Å². The van der Waals surface area contributed by atoms with E-state index in [4.69, 9.17) is 4.74 Å². The summed E-state index contributed by atoms with van der Waals surface area (Å²) in [5.41, 5.74) is 1.84. The average Bonchev–Trinajstić information content (AvgIpc) is 2.94. The van der Waals surface area contributed by atoms with Gasteiger partial charge in [-0.05, 0) is 81.1 Å². The highest BCUT2D eigenvalue weighted by Crippen LogP contribution is 2.49. The molecule has 3 unspecified atom stereocenters. The van der Waals surface area contributed by atoms with Crippen LogP contribution in [0.1, 0.15) is 75.3 Å². The summed E-state index contributed by atoms with van der Waals surface area (Å²) in [7, 11) is -1.41. The Morgan fingerprint density at radius 3 is 2.29 bits per heavy atom. The largest absolute Gasteiger partial charge is 0.508 e. The summed E-state index contributed by atoms with van der Waals surface area (Å²) in [4.78, 5) is 2.30. The van der Waals surface area contributed by atoms with Crippen LogP contribution in [0.15, 0.2) is 42.5 Å². The molecular weight excluding hydrogens is 577 g/mol. The maximum Gasteiger partial charge on any atom is 0.453 e. The Morgan fingerprint density at radius 1 is 0.952 bits per heavy atom. The highest BCUT2D eigenvalue weighted by atomic mass is 32.2. The molecule has 2 aromatic carbocycles. The Morgan fingerprint density at radius 2 is 1.62 bits per heavy atom. The van der Waals surface area contributed by atoms with Crippen LogP contribution < -0.4 is 4.74 Å². The number of phenols is 2. The molecule has 2 aromatic rings. The lowest BCUT2D eigenvalue weighted by Gasteiger charge is -2.43. The number of rotatable bonds is 12. The molecule has 11 heteroatoms. The maximum atomic E-state index is 13.1. The lowest BCUT2D eigenvalue weighted by Crippen LogP contribution is -2.40. The van der Waals surface area contributed by atoms with E-state index in [9.17, 15) is 36.4 Å². The van der Waals surface area contributed by atoms with Crippen LogP contribution in [0.5, 0.6) is 17.2 Å². The van der Waals surface area contributed by atoms with Crippen LogP contribution in [0.3, 0.4) is 0 Å². The van der Waals surface area contributed by atoms with E-state index in [1.807, 2.05) is 18.2 Å². The molecule has 1 saturated heterocycles. The molecule has 1 fully saturated rings. The first-order valence-electron chi connectivity index (χ1n) is 14.6. The third-order valence-electron chi connectivity index (χ3n) is 8.82. The van der Waals surface area contributed by atoms with Gasteiger partial charge >= 0.3 is 12.1 Å². The quantitative estimate of drug-likeness (QED) is 0.194. The van der Waals surface area contributed by atoms with Crippen molar-refractivity contribution >= 4 is 10.8 Å². The van der Waals surface area contributed by atoms with Crippen molar-refractivity contribution in [1.82, 2.24) is 4.90 Å². The molecule has 2 aliphatic heterocycles. The minimum absolute atomic E-state index is 0.131. The average molecular weight is 618 g/mol. The Kier molecular flexibility index (Phi) is 10.4. The number of ether oxygens (including phenoxy) is 1. The van der Waals surface area contributed by atoms with Crippen LogP contribution in [-0.2, 0) is 16.2 Å². The molecule has 234 valence electrons. The summed E-state index contributed by atoms with van der Waals surface area (Å²) in [6, 6.07) is 12.5. The summed E-state index contributed by atoms with van der Waals surface area (Å²) in [6.07, 6.45) is -2.09. The van der Waals surface area contributed by atoms with Gasteiger partial charge in [0.2, 0.25) is 0 Å². The highest BCUT2D eigenvalue weighted by molar-refractivity contribution is 7.85. The van der Waals surface area contributed by atoms with Crippen LogP contribution in [0.25, 0.3) is 0 Å². The third kappa shape index (κ3) is 7.75. The van der Waals surface area contributed by atoms with Gasteiger partial charge in [-0.1, -0.05) is 38.0 Å². The van der Waals surface area contributed by atoms with Gasteiger partial charge in [0.25, 0.3) is 0 Å². The van der Waals surface area contributed by atoms with E-state index in [1.165, 1.54) is 0 Å². The van der Waals surface area contributed by atoms with Gasteiger partial charge in [-0.25, -0.2) is 0 Å². The summed E-state index contributed by atoms with van der Waals surface area (Å²) < 4.78 is 81.8. The molecule has 2 heterocycles. The number of hydrogen-bond donors (Lipinski definition) is 2. The normalized spacial score (nSPS) is 22.9. The lowest BCUT2D eigenvalue weighted by atomic mass is 9.66. The van der Waals surface area contributed by atoms with Crippen molar-refractivity contribution < 1.29 is 41.1 Å². The SMILES string of the molecule is CC1(c2ccc(O)cc2)COc2cc(O)ccc2C1CCCCCN1CCC(S(=O)CCCC(F)(F)C(F)(F)F)CC1. The highest BCUT2D eigenvalue weighted by Gasteiger charge is 2.56. The number of unbranched alkanes of at least 4 members (excludes halogenated alkanes) is 2. The minimum atomic E-state index is -5.56. The van der Waals surface area contributed by atoms with E-state index in [0.29, 0.717) is 25.2 Å². The van der Waals surface area contributed by atoms with Crippen LogP contribution in [0, 0.1) is 0 Å². The van der Waals surface area contributed by atoms with Gasteiger partial charge < -0.3 is 19.8 Å². The Bertz CT molecular complexity index is 1200. The Labute approximate surface area is 246 Å². The van der Waals surface area contributed by atoms with E-state index in [-0.39, 0.29) is 33.8 Å². The topological polar surface area (TPSA) is 70.0 Å². The fourth-order valence-electron chi connectivity index (χ4n) is 6.21. The second-order valence-electron chi connectivity index (χ2n) is 11.8. The Hall–Kier alpha value is -2.40. The van der Waals surface area contributed by atoms with E-state index in [0.717, 1.165) is 56.4 Å². The number of nitrogens with zero attached hydrogens (tertiary/aromatic N) is 1. The predicted molar refractivity (Wildman–Crippen MR) is 153 cm³/mol. The number of alkyl halides is 5. The molecule has 2 N–H and O–H groups in total. The molecule has 0 radical (unpaired) electrons. The molecule has 5 nitrogen and oxygen atoms in total.